The Labute approximate surface area is 122 Å². The molecule has 0 amide bonds. The monoisotopic (exact) mass is 279 g/mol. The topological polar surface area (TPSA) is 48.4 Å². The number of para-hydroxylation sites is 1. The molecule has 0 saturated heterocycles. The highest BCUT2D eigenvalue weighted by molar-refractivity contribution is 5.98. The Kier molecular flexibility index (Phi) is 3.28. The number of ether oxygens (including phenoxy) is 2. The van der Waals surface area contributed by atoms with Crippen molar-refractivity contribution >= 4 is 17.3 Å². The predicted molar refractivity (Wildman–Crippen MR) is 79.7 cm³/mol. The van der Waals surface area contributed by atoms with Crippen LogP contribution in [0.4, 0.5) is 0 Å². The van der Waals surface area contributed by atoms with Crippen molar-refractivity contribution in [1.29, 1.82) is 0 Å². The first kappa shape index (κ1) is 13.1. The van der Waals surface area contributed by atoms with E-state index in [0.717, 1.165) is 16.7 Å². The van der Waals surface area contributed by atoms with Gasteiger partial charge in [-0.15, -0.1) is 0 Å². The maximum Gasteiger partial charge on any atom is 0.341 e. The fraction of sp³-hybridized carbons (Fsp3) is 0.0588. The third-order valence-electron chi connectivity index (χ3n) is 3.25. The van der Waals surface area contributed by atoms with E-state index in [1.165, 1.54) is 7.11 Å². The van der Waals surface area contributed by atoms with E-state index >= 15 is 0 Å². The van der Waals surface area contributed by atoms with Gasteiger partial charge < -0.3 is 9.47 Å². The molecular weight excluding hydrogens is 266 g/mol. The van der Waals surface area contributed by atoms with E-state index in [4.69, 9.17) is 9.47 Å². The van der Waals surface area contributed by atoms with Crippen molar-refractivity contribution in [2.75, 3.05) is 7.11 Å². The number of fused-ring (bicyclic) bond motifs is 1. The summed E-state index contributed by atoms with van der Waals surface area (Å²) < 4.78 is 10.7. The van der Waals surface area contributed by atoms with Crippen molar-refractivity contribution in [1.82, 2.24) is 4.98 Å². The zero-order valence-corrected chi connectivity index (χ0v) is 11.5. The van der Waals surface area contributed by atoms with Crippen LogP contribution in [-0.4, -0.2) is 18.1 Å². The normalized spacial score (nSPS) is 13.0. The van der Waals surface area contributed by atoms with Crippen LogP contribution in [0.15, 0.2) is 55.4 Å². The molecule has 0 bridgehead atoms. The maximum atomic E-state index is 11.9. The van der Waals surface area contributed by atoms with Gasteiger partial charge in [-0.3, -0.25) is 4.98 Å². The first-order valence-corrected chi connectivity index (χ1v) is 6.41. The summed E-state index contributed by atoms with van der Waals surface area (Å²) in [6.45, 7) is 4.03. The molecule has 0 spiro atoms. The molecule has 0 radical (unpaired) electrons. The van der Waals surface area contributed by atoms with E-state index in [9.17, 15) is 4.79 Å². The molecule has 0 aliphatic carbocycles. The molecule has 3 rings (SSSR count). The average Bonchev–Trinajstić information content (AvgIpc) is 2.54. The smallest absolute Gasteiger partial charge is 0.341 e. The lowest BCUT2D eigenvalue weighted by Crippen LogP contribution is -2.10. The minimum absolute atomic E-state index is 0.385. The first-order chi connectivity index (χ1) is 10.2. The van der Waals surface area contributed by atoms with Gasteiger partial charge in [0.25, 0.3) is 0 Å². The quantitative estimate of drug-likeness (QED) is 0.791. The number of nitrogens with zero attached hydrogens (tertiary/aromatic N) is 1. The van der Waals surface area contributed by atoms with Gasteiger partial charge in [0.15, 0.2) is 0 Å². The summed E-state index contributed by atoms with van der Waals surface area (Å²) in [4.78, 5) is 15.9. The van der Waals surface area contributed by atoms with Gasteiger partial charge >= 0.3 is 5.97 Å². The number of carbonyl (C=O) groups excluding carboxylic acids is 1. The lowest BCUT2D eigenvalue weighted by molar-refractivity contribution is 0.0598. The highest BCUT2D eigenvalue weighted by Gasteiger charge is 2.23. The van der Waals surface area contributed by atoms with Gasteiger partial charge in [-0.2, -0.15) is 0 Å². The number of hydrogen-bond acceptors (Lipinski definition) is 4. The Bertz CT molecular complexity index is 748. The third-order valence-corrected chi connectivity index (χ3v) is 3.25. The van der Waals surface area contributed by atoms with Crippen molar-refractivity contribution in [2.24, 2.45) is 0 Å². The Morgan fingerprint density at radius 1 is 1.24 bits per heavy atom. The van der Waals surface area contributed by atoms with Gasteiger partial charge in [0, 0.05) is 23.5 Å². The van der Waals surface area contributed by atoms with Crippen LogP contribution in [0.2, 0.25) is 0 Å². The standard InChI is InChI=1S/C17H13NO3/c1-11-10-15(12-6-8-18-9-7-12)21-16-13(11)4-3-5-14(16)17(19)20-2/h3-10H,1H2,2H3. The van der Waals surface area contributed by atoms with Crippen molar-refractivity contribution in [3.63, 3.8) is 0 Å². The fourth-order valence-corrected chi connectivity index (χ4v) is 2.20. The highest BCUT2D eigenvalue weighted by atomic mass is 16.5. The summed E-state index contributed by atoms with van der Waals surface area (Å²) in [5.74, 6) is 0.672. The molecule has 0 saturated carbocycles. The molecular formula is C17H13NO3. The summed E-state index contributed by atoms with van der Waals surface area (Å²) in [6.07, 6.45) is 5.22. The molecule has 0 N–H and O–H groups in total. The zero-order valence-electron chi connectivity index (χ0n) is 11.5. The molecule has 1 aromatic carbocycles. The SMILES string of the molecule is C=C1C=C(c2ccncc2)Oc2c1cccc2C(=O)OC. The Hall–Kier alpha value is -2.88. The summed E-state index contributed by atoms with van der Waals surface area (Å²) in [7, 11) is 1.35. The minimum Gasteiger partial charge on any atom is -0.465 e. The van der Waals surface area contributed by atoms with Crippen LogP contribution in [-0.2, 0) is 4.74 Å². The van der Waals surface area contributed by atoms with Gasteiger partial charge in [0.1, 0.15) is 17.1 Å². The Balaban J connectivity index is 2.09. The number of pyridine rings is 1. The first-order valence-electron chi connectivity index (χ1n) is 6.41. The van der Waals surface area contributed by atoms with E-state index in [0.29, 0.717) is 17.1 Å². The van der Waals surface area contributed by atoms with E-state index in [-0.39, 0.29) is 0 Å². The summed E-state index contributed by atoms with van der Waals surface area (Å²) in [5, 5.41) is 0. The van der Waals surface area contributed by atoms with Crippen molar-refractivity contribution in [2.45, 2.75) is 0 Å². The van der Waals surface area contributed by atoms with Crippen LogP contribution < -0.4 is 4.74 Å². The van der Waals surface area contributed by atoms with E-state index in [1.807, 2.05) is 24.3 Å². The third kappa shape index (κ3) is 2.31. The van der Waals surface area contributed by atoms with Crippen LogP contribution in [0.3, 0.4) is 0 Å². The Morgan fingerprint density at radius 2 is 2.00 bits per heavy atom. The summed E-state index contributed by atoms with van der Waals surface area (Å²) in [6, 6.07) is 9.00. The molecule has 2 aromatic rings. The molecule has 4 heteroatoms. The molecule has 4 nitrogen and oxygen atoms in total. The zero-order chi connectivity index (χ0) is 14.8. The Morgan fingerprint density at radius 3 is 2.71 bits per heavy atom. The second-order valence-corrected chi connectivity index (χ2v) is 4.55. The highest BCUT2D eigenvalue weighted by Crippen LogP contribution is 2.38. The second-order valence-electron chi connectivity index (χ2n) is 4.55. The number of carbonyl (C=O) groups is 1. The predicted octanol–water partition coefficient (Wildman–Crippen LogP) is 3.31. The van der Waals surface area contributed by atoms with Crippen LogP contribution in [0.1, 0.15) is 21.5 Å². The molecule has 1 aromatic heterocycles. The number of aromatic nitrogens is 1. The average molecular weight is 279 g/mol. The molecule has 1 aliphatic heterocycles. The van der Waals surface area contributed by atoms with Crippen molar-refractivity contribution < 1.29 is 14.3 Å². The van der Waals surface area contributed by atoms with Gasteiger partial charge in [-0.25, -0.2) is 4.79 Å². The molecule has 104 valence electrons. The molecule has 1 aliphatic rings. The number of benzene rings is 1. The second kappa shape index (κ2) is 5.25. The van der Waals surface area contributed by atoms with Crippen LogP contribution in [0.5, 0.6) is 5.75 Å². The van der Waals surface area contributed by atoms with Gasteiger partial charge in [0.2, 0.25) is 0 Å². The van der Waals surface area contributed by atoms with Gasteiger partial charge in [-0.1, -0.05) is 18.7 Å². The largest absolute Gasteiger partial charge is 0.465 e. The summed E-state index contributed by atoms with van der Waals surface area (Å²) >= 11 is 0. The maximum absolute atomic E-state index is 11.9. The molecule has 21 heavy (non-hydrogen) atoms. The van der Waals surface area contributed by atoms with E-state index in [2.05, 4.69) is 11.6 Å². The lowest BCUT2D eigenvalue weighted by Gasteiger charge is -2.21. The molecule has 0 atom stereocenters. The number of allylic oxidation sites excluding steroid dienone is 2. The minimum atomic E-state index is -0.435. The summed E-state index contributed by atoms with van der Waals surface area (Å²) in [5.41, 5.74) is 2.83. The van der Waals surface area contributed by atoms with Crippen molar-refractivity contribution in [3.05, 3.63) is 72.1 Å². The molecule has 2 heterocycles. The lowest BCUT2D eigenvalue weighted by atomic mass is 9.98. The van der Waals surface area contributed by atoms with Crippen molar-refractivity contribution in [3.8, 4) is 5.75 Å². The van der Waals surface area contributed by atoms with Gasteiger partial charge in [-0.05, 0) is 29.8 Å². The number of hydrogen-bond donors (Lipinski definition) is 0. The van der Waals surface area contributed by atoms with E-state index < -0.39 is 5.97 Å². The fourth-order valence-electron chi connectivity index (χ4n) is 2.20. The molecule has 0 fully saturated rings. The number of methoxy groups -OCH3 is 1. The van der Waals surface area contributed by atoms with Crippen LogP contribution in [0, 0.1) is 0 Å². The van der Waals surface area contributed by atoms with Crippen LogP contribution in [0.25, 0.3) is 11.3 Å². The number of rotatable bonds is 2. The van der Waals surface area contributed by atoms with E-state index in [1.54, 1.807) is 24.5 Å². The molecule has 0 unspecified atom stereocenters. The van der Waals surface area contributed by atoms with Gasteiger partial charge in [0.05, 0.1) is 7.11 Å². The van der Waals surface area contributed by atoms with Crippen LogP contribution >= 0.6 is 0 Å². The number of esters is 1.